The smallest absolute Gasteiger partial charge is 0.285 e. The van der Waals surface area contributed by atoms with E-state index in [4.69, 9.17) is 4.42 Å². The van der Waals surface area contributed by atoms with E-state index in [9.17, 15) is 9.59 Å². The lowest BCUT2D eigenvalue weighted by Crippen LogP contribution is -2.34. The maximum atomic E-state index is 12.2. The van der Waals surface area contributed by atoms with Gasteiger partial charge in [0.15, 0.2) is 0 Å². The van der Waals surface area contributed by atoms with Crippen LogP contribution in [-0.4, -0.2) is 36.7 Å². The molecule has 0 aromatic carbocycles. The summed E-state index contributed by atoms with van der Waals surface area (Å²) < 4.78 is 5.27. The van der Waals surface area contributed by atoms with Gasteiger partial charge in [-0.25, -0.2) is 0 Å². The molecule has 0 N–H and O–H groups in total. The van der Waals surface area contributed by atoms with Crippen LogP contribution in [-0.2, 0) is 14.0 Å². The molecule has 0 spiro atoms. The second-order valence-electron chi connectivity index (χ2n) is 5.12. The van der Waals surface area contributed by atoms with Gasteiger partial charge in [0.2, 0.25) is 11.8 Å². The Morgan fingerprint density at radius 3 is 2.72 bits per heavy atom. The van der Waals surface area contributed by atoms with Crippen molar-refractivity contribution in [1.82, 2.24) is 4.90 Å². The summed E-state index contributed by atoms with van der Waals surface area (Å²) in [4.78, 5) is 25.5. The maximum Gasteiger partial charge on any atom is 0.319 e. The summed E-state index contributed by atoms with van der Waals surface area (Å²) in [5.74, 6) is 0.552. The zero-order valence-corrected chi connectivity index (χ0v) is 10.6. The van der Waals surface area contributed by atoms with E-state index in [0.29, 0.717) is 12.8 Å². The van der Waals surface area contributed by atoms with Crippen LogP contribution in [0.4, 0.5) is 0 Å². The molecule has 0 aromatic heterocycles. The molecule has 3 aliphatic rings. The minimum Gasteiger partial charge on any atom is -0.285 e. The molecule has 0 aromatic rings. The average Bonchev–Trinajstić information content (AvgIpc) is 2.63. The molecule has 2 aliphatic carbocycles. The second-order valence-corrected chi connectivity index (χ2v) is 5.12. The van der Waals surface area contributed by atoms with Gasteiger partial charge in [0.1, 0.15) is 0 Å². The van der Waals surface area contributed by atoms with Crippen LogP contribution in [0.2, 0.25) is 0 Å². The molecule has 0 saturated carbocycles. The highest BCUT2D eigenvalue weighted by molar-refractivity contribution is 6.06. The number of fused-ring (bicyclic) bond motifs is 3. The topological polar surface area (TPSA) is 48.7 Å². The summed E-state index contributed by atoms with van der Waals surface area (Å²) in [5.41, 5.74) is 1.17. The minimum absolute atomic E-state index is 0.0335. The number of hydrogen-bond acceptors (Lipinski definition) is 2. The Hall–Kier alpha value is -1.71. The van der Waals surface area contributed by atoms with Gasteiger partial charge in [-0.05, 0) is 12.0 Å². The van der Waals surface area contributed by atoms with Gasteiger partial charge < -0.3 is 0 Å². The van der Waals surface area contributed by atoms with Crippen molar-refractivity contribution < 1.29 is 14.0 Å². The van der Waals surface area contributed by atoms with Gasteiger partial charge in [-0.1, -0.05) is 12.2 Å². The standard InChI is InChI=1S/C14H16NO3/c1-15-13(16)10-6-4-8-3-5-9(18-2)7-11(8)12(10)14(15)17/h3-5,10-12H,6-7H2,1-2H3/q+1/t10-,11+,12-/m1/s1. The molecule has 0 unspecified atom stereocenters. The normalized spacial score (nSPS) is 36.8. The van der Waals surface area contributed by atoms with Crippen molar-refractivity contribution in [1.29, 1.82) is 0 Å². The van der Waals surface area contributed by atoms with E-state index >= 15 is 0 Å². The summed E-state index contributed by atoms with van der Waals surface area (Å²) in [6.07, 6.45) is 7.46. The molecular formula is C14H16NO3+. The predicted octanol–water partition coefficient (Wildman–Crippen LogP) is 0.858. The van der Waals surface area contributed by atoms with Gasteiger partial charge in [0, 0.05) is 19.0 Å². The van der Waals surface area contributed by atoms with Crippen molar-refractivity contribution in [2.45, 2.75) is 12.8 Å². The Balaban J connectivity index is 2.01. The number of likely N-dealkylation sites (tertiary alicyclic amines) is 1. The first-order valence-corrected chi connectivity index (χ1v) is 6.23. The van der Waals surface area contributed by atoms with Crippen LogP contribution in [0.25, 0.3) is 0 Å². The minimum atomic E-state index is -0.197. The van der Waals surface area contributed by atoms with Crippen LogP contribution >= 0.6 is 0 Å². The van der Waals surface area contributed by atoms with Gasteiger partial charge in [-0.2, -0.15) is 0 Å². The van der Waals surface area contributed by atoms with Crippen molar-refractivity contribution in [2.24, 2.45) is 17.8 Å². The van der Waals surface area contributed by atoms with E-state index in [1.165, 1.54) is 10.5 Å². The molecule has 1 aliphatic heterocycles. The number of carbonyl (C=O) groups is 2. The Labute approximate surface area is 106 Å². The summed E-state index contributed by atoms with van der Waals surface area (Å²) in [6, 6.07) is 0. The third-order valence-corrected chi connectivity index (χ3v) is 4.31. The van der Waals surface area contributed by atoms with Crippen LogP contribution in [0.5, 0.6) is 0 Å². The summed E-state index contributed by atoms with van der Waals surface area (Å²) in [6.45, 7) is 0. The van der Waals surface area contributed by atoms with Crippen molar-refractivity contribution >= 4 is 17.6 Å². The fraction of sp³-hybridized carbons (Fsp3) is 0.500. The quantitative estimate of drug-likeness (QED) is 0.470. The molecule has 1 saturated heterocycles. The first-order valence-electron chi connectivity index (χ1n) is 6.23. The molecule has 3 rings (SSSR count). The first kappa shape index (κ1) is 11.4. The van der Waals surface area contributed by atoms with Crippen LogP contribution in [0.3, 0.4) is 0 Å². The van der Waals surface area contributed by atoms with Crippen molar-refractivity contribution in [3.63, 3.8) is 0 Å². The van der Waals surface area contributed by atoms with Crippen LogP contribution in [0.1, 0.15) is 12.8 Å². The van der Waals surface area contributed by atoms with Gasteiger partial charge in [0.05, 0.1) is 18.3 Å². The number of ketones is 1. The highest BCUT2D eigenvalue weighted by atomic mass is 16.4. The molecule has 2 amide bonds. The molecule has 1 heterocycles. The fourth-order valence-corrected chi connectivity index (χ4v) is 3.29. The molecule has 0 radical (unpaired) electrons. The molecule has 3 atom stereocenters. The lowest BCUT2D eigenvalue weighted by molar-refractivity contribution is -0.420. The molecule has 0 bridgehead atoms. The monoisotopic (exact) mass is 246 g/mol. The van der Waals surface area contributed by atoms with Crippen molar-refractivity contribution in [3.05, 3.63) is 23.8 Å². The number of allylic oxidation sites excluding steroid dienone is 4. The number of rotatable bonds is 0. The molecule has 94 valence electrons. The Kier molecular flexibility index (Phi) is 2.47. The Morgan fingerprint density at radius 1 is 1.22 bits per heavy atom. The summed E-state index contributed by atoms with van der Waals surface area (Å²) in [5, 5.41) is 0. The number of carbonyl (C=O) groups excluding carboxylic acids is 3. The molecular weight excluding hydrogens is 230 g/mol. The largest absolute Gasteiger partial charge is 0.319 e. The molecule has 4 nitrogen and oxygen atoms in total. The van der Waals surface area contributed by atoms with Gasteiger partial charge in [-0.3, -0.25) is 18.9 Å². The van der Waals surface area contributed by atoms with Crippen LogP contribution in [0, 0.1) is 17.8 Å². The maximum absolute atomic E-state index is 12.2. The zero-order chi connectivity index (χ0) is 12.9. The highest BCUT2D eigenvalue weighted by Gasteiger charge is 2.52. The number of imide groups is 1. The van der Waals surface area contributed by atoms with E-state index in [1.807, 2.05) is 12.2 Å². The average molecular weight is 246 g/mol. The van der Waals surface area contributed by atoms with E-state index in [1.54, 1.807) is 14.2 Å². The van der Waals surface area contributed by atoms with Gasteiger partial charge in [-0.15, -0.1) is 0 Å². The summed E-state index contributed by atoms with van der Waals surface area (Å²) >= 11 is 0. The highest BCUT2D eigenvalue weighted by Crippen LogP contribution is 2.44. The zero-order valence-electron chi connectivity index (χ0n) is 10.6. The molecule has 1 fully saturated rings. The number of amides is 2. The molecule has 18 heavy (non-hydrogen) atoms. The number of nitrogens with zero attached hydrogens (tertiary/aromatic N) is 1. The Bertz CT molecular complexity index is 515. The lowest BCUT2D eigenvalue weighted by atomic mass is 9.69. The SMILES string of the molecule is C[O+]=C1C=CC2=CC[C@H]3C(=O)N(C)C(=O)[C@H]3[C@H]2C1. The molecule has 4 heteroatoms. The van der Waals surface area contributed by atoms with Gasteiger partial charge in [0.25, 0.3) is 7.11 Å². The van der Waals surface area contributed by atoms with E-state index in [0.717, 1.165) is 5.78 Å². The number of hydrogen-bond donors (Lipinski definition) is 0. The van der Waals surface area contributed by atoms with Crippen molar-refractivity contribution in [3.8, 4) is 0 Å². The first-order chi connectivity index (χ1) is 8.63. The third-order valence-electron chi connectivity index (χ3n) is 4.31. The predicted molar refractivity (Wildman–Crippen MR) is 65.6 cm³/mol. The fourth-order valence-electron chi connectivity index (χ4n) is 3.29. The van der Waals surface area contributed by atoms with Crippen LogP contribution in [0.15, 0.2) is 23.8 Å². The summed E-state index contributed by atoms with van der Waals surface area (Å²) in [7, 11) is 3.23. The van der Waals surface area contributed by atoms with E-state index in [-0.39, 0.29) is 29.6 Å². The lowest BCUT2D eigenvalue weighted by Gasteiger charge is -2.30. The van der Waals surface area contributed by atoms with Gasteiger partial charge >= 0.3 is 5.78 Å². The second kappa shape index (κ2) is 3.90. The van der Waals surface area contributed by atoms with Crippen molar-refractivity contribution in [2.75, 3.05) is 14.2 Å². The van der Waals surface area contributed by atoms with E-state index in [2.05, 4.69) is 6.08 Å². The Morgan fingerprint density at radius 2 is 2.00 bits per heavy atom. The van der Waals surface area contributed by atoms with E-state index < -0.39 is 0 Å². The third kappa shape index (κ3) is 1.41. The van der Waals surface area contributed by atoms with Crippen LogP contribution < -0.4 is 0 Å².